The molecule has 1 aliphatic carbocycles. The molecule has 2 amide bonds. The van der Waals surface area contributed by atoms with E-state index in [-0.39, 0.29) is 5.91 Å². The van der Waals surface area contributed by atoms with Crippen LogP contribution in [0.4, 0.5) is 4.79 Å². The fraction of sp³-hybridized carbons (Fsp3) is 0.462. The molecule has 2 N–H and O–H groups in total. The number of nitrogens with one attached hydrogen (secondary N) is 2. The maximum Gasteiger partial charge on any atom is 0.408 e. The van der Waals surface area contributed by atoms with Crippen LogP contribution in [-0.4, -0.2) is 30.2 Å². The molecule has 0 fully saturated rings. The van der Waals surface area contributed by atoms with Crippen molar-refractivity contribution in [2.45, 2.75) is 70.9 Å². The van der Waals surface area contributed by atoms with Gasteiger partial charge in [-0.2, -0.15) is 0 Å². The number of alkyl carbamates (subject to hydrolysis) is 1. The van der Waals surface area contributed by atoms with Crippen LogP contribution in [0.3, 0.4) is 0 Å². The molecule has 5 heteroatoms. The molecule has 2 unspecified atom stereocenters. The number of benzene rings is 2. The Balaban J connectivity index is 1.68. The molecule has 0 saturated carbocycles. The molecular formula is C26H34N2O3. The maximum absolute atomic E-state index is 13.1. The Morgan fingerprint density at radius 3 is 2.52 bits per heavy atom. The third-order valence-electron chi connectivity index (χ3n) is 5.58. The van der Waals surface area contributed by atoms with Crippen molar-refractivity contribution in [3.8, 4) is 0 Å². The number of hydrogen-bond acceptors (Lipinski definition) is 3. The molecule has 0 aromatic heterocycles. The maximum atomic E-state index is 13.1. The summed E-state index contributed by atoms with van der Waals surface area (Å²) in [5.74, 6) is 0.116. The Bertz CT molecular complexity index is 900. The fourth-order valence-corrected chi connectivity index (χ4v) is 4.03. The van der Waals surface area contributed by atoms with Crippen LogP contribution in [0.1, 0.15) is 61.8 Å². The molecule has 0 radical (unpaired) electrons. The summed E-state index contributed by atoms with van der Waals surface area (Å²) >= 11 is 0. The normalized spacial score (nSPS) is 16.7. The minimum absolute atomic E-state index is 0.186. The number of amides is 2. The molecule has 2 aromatic carbocycles. The van der Waals surface area contributed by atoms with Crippen LogP contribution in [0.2, 0.25) is 0 Å². The van der Waals surface area contributed by atoms with E-state index < -0.39 is 17.7 Å². The zero-order chi connectivity index (χ0) is 22.4. The van der Waals surface area contributed by atoms with Crippen LogP contribution in [-0.2, 0) is 22.4 Å². The van der Waals surface area contributed by atoms with E-state index in [1.807, 2.05) is 52.0 Å². The minimum Gasteiger partial charge on any atom is -0.444 e. The molecule has 2 aromatic rings. The van der Waals surface area contributed by atoms with Gasteiger partial charge in [-0.05, 0) is 63.6 Å². The Hall–Kier alpha value is -2.82. The monoisotopic (exact) mass is 422 g/mol. The molecule has 5 nitrogen and oxygen atoms in total. The third kappa shape index (κ3) is 6.84. The van der Waals surface area contributed by atoms with Gasteiger partial charge in [-0.15, -0.1) is 0 Å². The van der Waals surface area contributed by atoms with Crippen molar-refractivity contribution in [1.82, 2.24) is 10.6 Å². The third-order valence-corrected chi connectivity index (χ3v) is 5.58. The van der Waals surface area contributed by atoms with Crippen LogP contribution < -0.4 is 10.6 Å². The van der Waals surface area contributed by atoms with E-state index in [0.29, 0.717) is 18.9 Å². The van der Waals surface area contributed by atoms with Crippen molar-refractivity contribution in [2.75, 3.05) is 6.54 Å². The highest BCUT2D eigenvalue weighted by Crippen LogP contribution is 2.30. The Morgan fingerprint density at radius 1 is 1.10 bits per heavy atom. The summed E-state index contributed by atoms with van der Waals surface area (Å²) in [7, 11) is 0. The number of ether oxygens (including phenoxy) is 1. The summed E-state index contributed by atoms with van der Waals surface area (Å²) < 4.78 is 5.39. The van der Waals surface area contributed by atoms with Crippen molar-refractivity contribution in [1.29, 1.82) is 0 Å². The summed E-state index contributed by atoms with van der Waals surface area (Å²) in [5, 5.41) is 5.85. The number of rotatable bonds is 6. The first-order valence-electron chi connectivity index (χ1n) is 11.1. The number of fused-ring (bicyclic) bond motifs is 1. The van der Waals surface area contributed by atoms with Crippen LogP contribution in [0.5, 0.6) is 0 Å². The number of carbonyl (C=O) groups excluding carboxylic acids is 2. The van der Waals surface area contributed by atoms with Crippen LogP contribution in [0.25, 0.3) is 0 Å². The lowest BCUT2D eigenvalue weighted by atomic mass is 9.83. The predicted molar refractivity (Wildman–Crippen MR) is 123 cm³/mol. The van der Waals surface area contributed by atoms with Crippen LogP contribution >= 0.6 is 0 Å². The SMILES string of the molecule is Cc1ccc(CC(NC(=O)OC(C)(C)C)C(=O)NCC2CCCc3ccccc32)cc1. The van der Waals surface area contributed by atoms with Gasteiger partial charge in [0.1, 0.15) is 11.6 Å². The van der Waals surface area contributed by atoms with E-state index in [1.54, 1.807) is 0 Å². The summed E-state index contributed by atoms with van der Waals surface area (Å²) in [6.45, 7) is 8.01. The van der Waals surface area contributed by atoms with Crippen LogP contribution in [0, 0.1) is 6.92 Å². The van der Waals surface area contributed by atoms with E-state index in [2.05, 4.69) is 34.9 Å². The molecule has 3 rings (SSSR count). The second kappa shape index (κ2) is 9.99. The predicted octanol–water partition coefficient (Wildman–Crippen LogP) is 4.67. The largest absolute Gasteiger partial charge is 0.444 e. The molecular weight excluding hydrogens is 388 g/mol. The van der Waals surface area contributed by atoms with E-state index in [0.717, 1.165) is 30.4 Å². The van der Waals surface area contributed by atoms with E-state index in [9.17, 15) is 9.59 Å². The average Bonchev–Trinajstić information content (AvgIpc) is 2.71. The van der Waals surface area contributed by atoms with Crippen molar-refractivity contribution in [3.05, 3.63) is 70.8 Å². The second-order valence-corrected chi connectivity index (χ2v) is 9.42. The van der Waals surface area contributed by atoms with E-state index >= 15 is 0 Å². The summed E-state index contributed by atoms with van der Waals surface area (Å²) in [5.41, 5.74) is 4.21. The van der Waals surface area contributed by atoms with Gasteiger partial charge < -0.3 is 15.4 Å². The smallest absolute Gasteiger partial charge is 0.408 e. The van der Waals surface area contributed by atoms with Gasteiger partial charge in [0.15, 0.2) is 0 Å². The molecule has 0 bridgehead atoms. The van der Waals surface area contributed by atoms with Gasteiger partial charge >= 0.3 is 6.09 Å². The number of aryl methyl sites for hydroxylation is 2. The van der Waals surface area contributed by atoms with Crippen molar-refractivity contribution in [3.63, 3.8) is 0 Å². The van der Waals surface area contributed by atoms with Crippen molar-refractivity contribution >= 4 is 12.0 Å². The van der Waals surface area contributed by atoms with Crippen molar-refractivity contribution in [2.24, 2.45) is 0 Å². The van der Waals surface area contributed by atoms with E-state index in [1.165, 1.54) is 11.1 Å². The van der Waals surface area contributed by atoms with E-state index in [4.69, 9.17) is 4.74 Å². The second-order valence-electron chi connectivity index (χ2n) is 9.42. The molecule has 0 heterocycles. The van der Waals surface area contributed by atoms with Gasteiger partial charge in [0, 0.05) is 18.9 Å². The lowest BCUT2D eigenvalue weighted by Crippen LogP contribution is -2.50. The van der Waals surface area contributed by atoms with Crippen molar-refractivity contribution < 1.29 is 14.3 Å². The Morgan fingerprint density at radius 2 is 1.81 bits per heavy atom. The highest BCUT2D eigenvalue weighted by atomic mass is 16.6. The first kappa shape index (κ1) is 22.9. The van der Waals surface area contributed by atoms with Gasteiger partial charge in [-0.1, -0.05) is 54.1 Å². The summed E-state index contributed by atoms with van der Waals surface area (Å²) in [4.78, 5) is 25.5. The molecule has 0 saturated heterocycles. The van der Waals surface area contributed by atoms with Gasteiger partial charge in [0.05, 0.1) is 0 Å². The topological polar surface area (TPSA) is 67.4 Å². The molecule has 31 heavy (non-hydrogen) atoms. The highest BCUT2D eigenvalue weighted by molar-refractivity contribution is 5.86. The lowest BCUT2D eigenvalue weighted by Gasteiger charge is -2.27. The molecule has 0 aliphatic heterocycles. The lowest BCUT2D eigenvalue weighted by molar-refractivity contribution is -0.123. The molecule has 166 valence electrons. The summed E-state index contributed by atoms with van der Waals surface area (Å²) in [6.07, 6.45) is 3.10. The van der Waals surface area contributed by atoms with Gasteiger partial charge in [-0.25, -0.2) is 4.79 Å². The van der Waals surface area contributed by atoms with Gasteiger partial charge in [-0.3, -0.25) is 4.79 Å². The number of hydrogen-bond donors (Lipinski definition) is 2. The Kier molecular flexibility index (Phi) is 7.37. The average molecular weight is 423 g/mol. The molecule has 2 atom stereocenters. The molecule has 0 spiro atoms. The van der Waals surface area contributed by atoms with Gasteiger partial charge in [0.25, 0.3) is 0 Å². The molecule has 1 aliphatic rings. The zero-order valence-corrected chi connectivity index (χ0v) is 19.0. The first-order valence-corrected chi connectivity index (χ1v) is 11.1. The zero-order valence-electron chi connectivity index (χ0n) is 19.0. The standard InChI is InChI=1S/C26H34N2O3/c1-18-12-14-19(15-13-18)16-23(28-25(30)31-26(2,3)4)24(29)27-17-21-10-7-9-20-8-5-6-11-22(20)21/h5-6,8,11-15,21,23H,7,9-10,16-17H2,1-4H3,(H,27,29)(H,28,30). The Labute approximate surface area is 185 Å². The summed E-state index contributed by atoms with van der Waals surface area (Å²) in [6, 6.07) is 15.8. The fourth-order valence-electron chi connectivity index (χ4n) is 4.03. The first-order chi connectivity index (χ1) is 14.7. The number of carbonyl (C=O) groups is 2. The van der Waals surface area contributed by atoms with Crippen LogP contribution in [0.15, 0.2) is 48.5 Å². The van der Waals surface area contributed by atoms with Gasteiger partial charge in [0.2, 0.25) is 5.91 Å². The highest BCUT2D eigenvalue weighted by Gasteiger charge is 2.26. The quantitative estimate of drug-likeness (QED) is 0.711. The minimum atomic E-state index is -0.698.